The number of hydrogen-bond donors (Lipinski definition) is 2. The molecule has 1 aliphatic heterocycles. The topological polar surface area (TPSA) is 76.3 Å². The number of aromatic nitrogens is 2. The van der Waals surface area contributed by atoms with E-state index >= 15 is 0 Å². The second-order valence-electron chi connectivity index (χ2n) is 6.75. The lowest BCUT2D eigenvalue weighted by atomic mass is 9.95. The van der Waals surface area contributed by atoms with Crippen molar-refractivity contribution >= 4 is 11.6 Å². The second-order valence-corrected chi connectivity index (χ2v) is 6.75. The van der Waals surface area contributed by atoms with Crippen LogP contribution in [0.15, 0.2) is 0 Å². The van der Waals surface area contributed by atoms with Crippen molar-refractivity contribution in [2.75, 3.05) is 30.5 Å². The third-order valence-corrected chi connectivity index (χ3v) is 3.79. The first-order valence-electron chi connectivity index (χ1n) is 7.51. The van der Waals surface area contributed by atoms with Gasteiger partial charge in [-0.2, -0.15) is 0 Å². The predicted octanol–water partition coefficient (Wildman–Crippen LogP) is 1.98. The number of ether oxygens (including phenoxy) is 1. The monoisotopic (exact) mass is 293 g/mol. The van der Waals surface area contributed by atoms with Gasteiger partial charge in [0.15, 0.2) is 0 Å². The summed E-state index contributed by atoms with van der Waals surface area (Å²) in [6, 6.07) is 0. The molecular formula is C15H27N5O. The van der Waals surface area contributed by atoms with Gasteiger partial charge in [0.05, 0.1) is 6.10 Å². The first-order chi connectivity index (χ1) is 9.82. The molecule has 6 nitrogen and oxygen atoms in total. The maximum atomic E-state index is 5.71. The highest BCUT2D eigenvalue weighted by molar-refractivity contribution is 5.58. The molecule has 1 aromatic rings. The molecule has 1 atom stereocenters. The lowest BCUT2D eigenvalue weighted by Crippen LogP contribution is -2.31. The van der Waals surface area contributed by atoms with E-state index in [1.54, 1.807) is 0 Å². The van der Waals surface area contributed by atoms with Crippen LogP contribution in [0.4, 0.5) is 11.6 Å². The molecule has 0 saturated carbocycles. The van der Waals surface area contributed by atoms with Gasteiger partial charge in [-0.15, -0.1) is 0 Å². The summed E-state index contributed by atoms with van der Waals surface area (Å²) >= 11 is 0. The summed E-state index contributed by atoms with van der Waals surface area (Å²) in [5.41, 5.74) is 3.53. The molecule has 21 heavy (non-hydrogen) atoms. The molecule has 0 aliphatic carbocycles. The second kappa shape index (κ2) is 6.15. The molecule has 1 aromatic heterocycles. The predicted molar refractivity (Wildman–Crippen MR) is 85.5 cm³/mol. The van der Waals surface area contributed by atoms with E-state index in [1.165, 1.54) is 0 Å². The van der Waals surface area contributed by atoms with E-state index in [0.29, 0.717) is 5.82 Å². The Balaban J connectivity index is 2.31. The molecule has 0 amide bonds. The van der Waals surface area contributed by atoms with E-state index in [1.807, 2.05) is 14.0 Å². The number of nitrogens with zero attached hydrogens (tertiary/aromatic N) is 3. The first kappa shape index (κ1) is 16.0. The molecule has 1 aliphatic rings. The zero-order valence-corrected chi connectivity index (χ0v) is 13.7. The van der Waals surface area contributed by atoms with E-state index in [-0.39, 0.29) is 11.5 Å². The molecule has 0 bridgehead atoms. The summed E-state index contributed by atoms with van der Waals surface area (Å²) < 4.78 is 5.71. The molecule has 1 fully saturated rings. The number of likely N-dealkylation sites (N-methyl/N-ethyl adjacent to an activating group) is 1. The van der Waals surface area contributed by atoms with Crippen LogP contribution in [0.1, 0.15) is 45.0 Å². The molecule has 1 saturated heterocycles. The van der Waals surface area contributed by atoms with Gasteiger partial charge in [-0.3, -0.25) is 0 Å². The van der Waals surface area contributed by atoms with Gasteiger partial charge in [-0.25, -0.2) is 15.8 Å². The van der Waals surface area contributed by atoms with Crippen LogP contribution in [0.25, 0.3) is 0 Å². The average molecular weight is 293 g/mol. The summed E-state index contributed by atoms with van der Waals surface area (Å²) in [6.07, 6.45) is 2.55. The molecular weight excluding hydrogens is 266 g/mol. The van der Waals surface area contributed by atoms with Crippen molar-refractivity contribution in [2.24, 2.45) is 5.84 Å². The van der Waals surface area contributed by atoms with Gasteiger partial charge in [0.25, 0.3) is 0 Å². The van der Waals surface area contributed by atoms with E-state index in [4.69, 9.17) is 15.6 Å². The molecule has 3 N–H and O–H groups in total. The smallest absolute Gasteiger partial charge is 0.148 e. The van der Waals surface area contributed by atoms with Crippen molar-refractivity contribution < 1.29 is 4.74 Å². The molecule has 0 spiro atoms. The number of nitrogen functional groups attached to an aromatic ring is 1. The highest BCUT2D eigenvalue weighted by Gasteiger charge is 2.24. The standard InChI is InChI=1S/C15H27N5O/c1-10-12(19-16)17-14(15(2,3)4)18-13(10)20(5)9-11-7-6-8-21-11/h11H,6-9,16H2,1-5H3,(H,17,18,19). The van der Waals surface area contributed by atoms with E-state index in [0.717, 1.165) is 43.2 Å². The number of nitrogens with one attached hydrogen (secondary N) is 1. The normalized spacial score (nSPS) is 18.9. The minimum atomic E-state index is -0.126. The fourth-order valence-electron chi connectivity index (χ4n) is 2.53. The SMILES string of the molecule is Cc1c(NN)nc(C(C)(C)C)nc1N(C)CC1CCCO1. The molecule has 1 unspecified atom stereocenters. The number of hydrazine groups is 1. The minimum Gasteiger partial charge on any atom is -0.376 e. The fraction of sp³-hybridized carbons (Fsp3) is 0.733. The minimum absolute atomic E-state index is 0.126. The average Bonchev–Trinajstić information content (AvgIpc) is 2.90. The Labute approximate surface area is 127 Å². The van der Waals surface area contributed by atoms with E-state index < -0.39 is 0 Å². The summed E-state index contributed by atoms with van der Waals surface area (Å²) in [6.45, 7) is 9.99. The summed E-state index contributed by atoms with van der Waals surface area (Å²) in [5.74, 6) is 8.00. The summed E-state index contributed by atoms with van der Waals surface area (Å²) in [7, 11) is 2.05. The molecule has 6 heteroatoms. The number of nitrogens with two attached hydrogens (primary N) is 1. The highest BCUT2D eigenvalue weighted by Crippen LogP contribution is 2.28. The van der Waals surface area contributed by atoms with Crippen molar-refractivity contribution in [1.29, 1.82) is 0 Å². The van der Waals surface area contributed by atoms with Crippen LogP contribution in [0.3, 0.4) is 0 Å². The first-order valence-corrected chi connectivity index (χ1v) is 7.51. The molecule has 0 aromatic carbocycles. The van der Waals surface area contributed by atoms with Crippen LogP contribution in [0.5, 0.6) is 0 Å². The van der Waals surface area contributed by atoms with Crippen LogP contribution in [0, 0.1) is 6.92 Å². The molecule has 118 valence electrons. The summed E-state index contributed by atoms with van der Waals surface area (Å²) in [4.78, 5) is 11.4. The van der Waals surface area contributed by atoms with Crippen LogP contribution in [-0.2, 0) is 10.2 Å². The zero-order chi connectivity index (χ0) is 15.6. The Morgan fingerprint density at radius 1 is 1.38 bits per heavy atom. The zero-order valence-electron chi connectivity index (χ0n) is 13.7. The maximum absolute atomic E-state index is 5.71. The lowest BCUT2D eigenvalue weighted by molar-refractivity contribution is 0.116. The van der Waals surface area contributed by atoms with Gasteiger partial charge in [-0.1, -0.05) is 20.8 Å². The Hall–Kier alpha value is -1.40. The van der Waals surface area contributed by atoms with Gasteiger partial charge in [0, 0.05) is 31.2 Å². The van der Waals surface area contributed by atoms with Gasteiger partial charge in [-0.05, 0) is 19.8 Å². The van der Waals surface area contributed by atoms with Gasteiger partial charge in [0.2, 0.25) is 0 Å². The van der Waals surface area contributed by atoms with Crippen molar-refractivity contribution in [1.82, 2.24) is 9.97 Å². The fourth-order valence-corrected chi connectivity index (χ4v) is 2.53. The van der Waals surface area contributed by atoms with Crippen molar-refractivity contribution in [3.63, 3.8) is 0 Å². The summed E-state index contributed by atoms with van der Waals surface area (Å²) in [5, 5.41) is 0. The Morgan fingerprint density at radius 2 is 2.10 bits per heavy atom. The van der Waals surface area contributed by atoms with Gasteiger partial charge >= 0.3 is 0 Å². The Bertz CT molecular complexity index is 492. The van der Waals surface area contributed by atoms with Crippen LogP contribution in [0.2, 0.25) is 0 Å². The maximum Gasteiger partial charge on any atom is 0.148 e. The van der Waals surface area contributed by atoms with E-state index in [2.05, 4.69) is 36.1 Å². The highest BCUT2D eigenvalue weighted by atomic mass is 16.5. The van der Waals surface area contributed by atoms with Crippen molar-refractivity contribution in [3.05, 3.63) is 11.4 Å². The molecule has 0 radical (unpaired) electrons. The quantitative estimate of drug-likeness (QED) is 0.653. The molecule has 2 rings (SSSR count). The lowest BCUT2D eigenvalue weighted by Gasteiger charge is -2.26. The largest absolute Gasteiger partial charge is 0.376 e. The number of anilines is 2. The number of rotatable bonds is 4. The van der Waals surface area contributed by atoms with Gasteiger partial charge in [0.1, 0.15) is 17.5 Å². The third kappa shape index (κ3) is 3.63. The van der Waals surface area contributed by atoms with Crippen LogP contribution < -0.4 is 16.2 Å². The van der Waals surface area contributed by atoms with Crippen LogP contribution in [-0.4, -0.2) is 36.3 Å². The van der Waals surface area contributed by atoms with Gasteiger partial charge < -0.3 is 15.1 Å². The Morgan fingerprint density at radius 3 is 2.62 bits per heavy atom. The number of hydrogen-bond acceptors (Lipinski definition) is 6. The van der Waals surface area contributed by atoms with Crippen LogP contribution >= 0.6 is 0 Å². The van der Waals surface area contributed by atoms with Crippen molar-refractivity contribution in [3.8, 4) is 0 Å². The van der Waals surface area contributed by atoms with E-state index in [9.17, 15) is 0 Å². The van der Waals surface area contributed by atoms with Crippen molar-refractivity contribution in [2.45, 2.75) is 52.1 Å². The Kier molecular flexibility index (Phi) is 4.68. The molecule has 2 heterocycles. The third-order valence-electron chi connectivity index (χ3n) is 3.79.